The summed E-state index contributed by atoms with van der Waals surface area (Å²) in [6.45, 7) is 0. The van der Waals surface area contributed by atoms with Gasteiger partial charge in [0.25, 0.3) is 0 Å². The van der Waals surface area contributed by atoms with Gasteiger partial charge in [-0.1, -0.05) is 29.3 Å². The van der Waals surface area contributed by atoms with E-state index in [0.717, 1.165) is 5.03 Å². The summed E-state index contributed by atoms with van der Waals surface area (Å²) in [5, 5.41) is 1.38. The third-order valence-electron chi connectivity index (χ3n) is 0.971. The highest BCUT2D eigenvalue weighted by molar-refractivity contribution is 7.18. The van der Waals surface area contributed by atoms with E-state index in [2.05, 4.69) is 9.24 Å². The Kier molecular flexibility index (Phi) is 1.97. The van der Waals surface area contributed by atoms with Crippen molar-refractivity contribution in [3.05, 3.63) is 22.2 Å². The fourth-order valence-corrected chi connectivity index (χ4v) is 1.24. The van der Waals surface area contributed by atoms with Gasteiger partial charge < -0.3 is 0 Å². The zero-order valence-corrected chi connectivity index (χ0v) is 6.73. The van der Waals surface area contributed by atoms with Gasteiger partial charge in [0.1, 0.15) is 0 Å². The van der Waals surface area contributed by atoms with Crippen molar-refractivity contribution < 1.29 is 0 Å². The Morgan fingerprint density at radius 2 is 2.12 bits per heavy atom. The minimum Gasteiger partial charge on any atom is -0.125 e. The minimum absolute atomic E-state index is 0.240. The molecule has 0 fully saturated rings. The third kappa shape index (κ3) is 1.07. The lowest BCUT2D eigenvalue weighted by Gasteiger charge is -1.95. The van der Waals surface area contributed by atoms with Gasteiger partial charge in [0.05, 0.1) is 5.03 Å². The van der Waals surface area contributed by atoms with Gasteiger partial charge in [-0.15, -0.1) is 9.24 Å². The maximum Gasteiger partial charge on any atom is 0.0557 e. The molecule has 2 atom stereocenters. The lowest BCUT2D eigenvalue weighted by atomic mass is 10.5. The summed E-state index contributed by atoms with van der Waals surface area (Å²) in [7, 11) is 2.57. The molecule has 0 aromatic rings. The number of allylic oxidation sites excluding steroid dienone is 4. The first-order valence-electron chi connectivity index (χ1n) is 2.21. The van der Waals surface area contributed by atoms with Gasteiger partial charge >= 0.3 is 0 Å². The molecule has 44 valence electrons. The molecule has 3 heteroatoms. The van der Waals surface area contributed by atoms with E-state index in [1.165, 1.54) is 0 Å². The zero-order chi connectivity index (χ0) is 6.15. The minimum atomic E-state index is 0.240. The SMILES string of the molecule is PC1C=CC(Cl)=C1Cl. The Morgan fingerprint density at radius 3 is 2.25 bits per heavy atom. The van der Waals surface area contributed by atoms with Crippen molar-refractivity contribution in [2.45, 2.75) is 5.66 Å². The van der Waals surface area contributed by atoms with Crippen molar-refractivity contribution in [2.24, 2.45) is 0 Å². The second kappa shape index (κ2) is 2.39. The summed E-state index contributed by atoms with van der Waals surface area (Å²) in [4.78, 5) is 0. The van der Waals surface area contributed by atoms with Crippen molar-refractivity contribution in [1.29, 1.82) is 0 Å². The molecule has 0 amide bonds. The van der Waals surface area contributed by atoms with Crippen LogP contribution in [-0.4, -0.2) is 5.66 Å². The Morgan fingerprint density at radius 1 is 1.50 bits per heavy atom. The Hall–Kier alpha value is 0.490. The second-order valence-corrected chi connectivity index (χ2v) is 3.11. The largest absolute Gasteiger partial charge is 0.125 e. The fourth-order valence-electron chi connectivity index (χ4n) is 0.511. The van der Waals surface area contributed by atoms with Crippen LogP contribution in [0.25, 0.3) is 0 Å². The molecule has 0 nitrogen and oxygen atoms in total. The summed E-state index contributed by atoms with van der Waals surface area (Å²) < 4.78 is 0. The smallest absolute Gasteiger partial charge is 0.0557 e. The van der Waals surface area contributed by atoms with Crippen LogP contribution in [0.3, 0.4) is 0 Å². The predicted octanol–water partition coefficient (Wildman–Crippen LogP) is 2.49. The monoisotopic (exact) mass is 166 g/mol. The Bertz CT molecular complexity index is 160. The first-order chi connectivity index (χ1) is 3.72. The molecule has 1 rings (SSSR count). The van der Waals surface area contributed by atoms with Crippen molar-refractivity contribution in [3.63, 3.8) is 0 Å². The van der Waals surface area contributed by atoms with Gasteiger partial charge in [0.15, 0.2) is 0 Å². The van der Waals surface area contributed by atoms with Gasteiger partial charge in [-0.25, -0.2) is 0 Å². The van der Waals surface area contributed by atoms with Crippen molar-refractivity contribution in [1.82, 2.24) is 0 Å². The standard InChI is InChI=1S/C5H5Cl2P/c6-3-1-2-4(8)5(3)7/h1-2,4H,8H2. The molecule has 0 heterocycles. The number of hydrogen-bond donors (Lipinski definition) is 0. The predicted molar refractivity (Wildman–Crippen MR) is 41.4 cm³/mol. The van der Waals surface area contributed by atoms with Crippen LogP contribution in [0.4, 0.5) is 0 Å². The normalized spacial score (nSPS) is 27.6. The third-order valence-corrected chi connectivity index (χ3v) is 2.62. The Balaban J connectivity index is 2.85. The van der Waals surface area contributed by atoms with Gasteiger partial charge in [0, 0.05) is 10.7 Å². The van der Waals surface area contributed by atoms with Gasteiger partial charge in [-0.05, 0) is 6.08 Å². The van der Waals surface area contributed by atoms with E-state index in [1.54, 1.807) is 0 Å². The van der Waals surface area contributed by atoms with E-state index in [0.29, 0.717) is 5.03 Å². The molecular formula is C5H5Cl2P. The molecule has 0 aromatic heterocycles. The average molecular weight is 167 g/mol. The molecule has 0 aliphatic heterocycles. The van der Waals surface area contributed by atoms with E-state index in [1.807, 2.05) is 12.2 Å². The lowest BCUT2D eigenvalue weighted by Crippen LogP contribution is -1.85. The zero-order valence-electron chi connectivity index (χ0n) is 4.07. The molecule has 1 aliphatic rings. The molecule has 1 aliphatic carbocycles. The maximum absolute atomic E-state index is 5.68. The van der Waals surface area contributed by atoms with E-state index < -0.39 is 0 Å². The van der Waals surface area contributed by atoms with Crippen LogP contribution in [0.15, 0.2) is 22.2 Å². The van der Waals surface area contributed by atoms with Crippen molar-refractivity contribution in [2.75, 3.05) is 0 Å². The molecular weight excluding hydrogens is 162 g/mol. The molecule has 0 saturated heterocycles. The van der Waals surface area contributed by atoms with Gasteiger partial charge in [-0.2, -0.15) is 0 Å². The highest BCUT2D eigenvalue weighted by atomic mass is 35.5. The molecule has 0 spiro atoms. The van der Waals surface area contributed by atoms with Crippen LogP contribution in [0.2, 0.25) is 0 Å². The number of rotatable bonds is 0. The summed E-state index contributed by atoms with van der Waals surface area (Å²) in [5.74, 6) is 0. The fraction of sp³-hybridized carbons (Fsp3) is 0.200. The van der Waals surface area contributed by atoms with Crippen LogP contribution in [-0.2, 0) is 0 Å². The molecule has 0 aromatic carbocycles. The quantitative estimate of drug-likeness (QED) is 0.486. The second-order valence-electron chi connectivity index (χ2n) is 1.58. The van der Waals surface area contributed by atoms with E-state index in [9.17, 15) is 0 Å². The molecule has 0 saturated carbocycles. The van der Waals surface area contributed by atoms with Crippen LogP contribution >= 0.6 is 32.4 Å². The van der Waals surface area contributed by atoms with E-state index >= 15 is 0 Å². The van der Waals surface area contributed by atoms with Crippen molar-refractivity contribution in [3.8, 4) is 0 Å². The van der Waals surface area contributed by atoms with E-state index in [4.69, 9.17) is 23.2 Å². The summed E-state index contributed by atoms with van der Waals surface area (Å²) in [5.41, 5.74) is 0.240. The molecule has 0 bridgehead atoms. The number of halogens is 2. The first kappa shape index (κ1) is 6.61. The van der Waals surface area contributed by atoms with Crippen LogP contribution in [0, 0.1) is 0 Å². The summed E-state index contributed by atoms with van der Waals surface area (Å²) in [6, 6.07) is 0. The highest BCUT2D eigenvalue weighted by Crippen LogP contribution is 2.30. The van der Waals surface area contributed by atoms with Crippen LogP contribution in [0.1, 0.15) is 0 Å². The van der Waals surface area contributed by atoms with Gasteiger partial charge in [0.2, 0.25) is 0 Å². The summed E-state index contributed by atoms with van der Waals surface area (Å²) >= 11 is 11.3. The molecule has 0 radical (unpaired) electrons. The topological polar surface area (TPSA) is 0 Å². The highest BCUT2D eigenvalue weighted by Gasteiger charge is 2.11. The maximum atomic E-state index is 5.68. The number of hydrogen-bond acceptors (Lipinski definition) is 0. The Labute approximate surface area is 60.8 Å². The van der Waals surface area contributed by atoms with Gasteiger partial charge in [-0.3, -0.25) is 0 Å². The van der Waals surface area contributed by atoms with Crippen LogP contribution in [0.5, 0.6) is 0 Å². The summed E-state index contributed by atoms with van der Waals surface area (Å²) in [6.07, 6.45) is 3.75. The molecule has 8 heavy (non-hydrogen) atoms. The molecule has 0 N–H and O–H groups in total. The average Bonchev–Trinajstić information content (AvgIpc) is 1.98. The van der Waals surface area contributed by atoms with Crippen LogP contribution < -0.4 is 0 Å². The molecule has 2 unspecified atom stereocenters. The lowest BCUT2D eigenvalue weighted by molar-refractivity contribution is 1.43. The first-order valence-corrected chi connectivity index (χ1v) is 3.63. The van der Waals surface area contributed by atoms with Crippen molar-refractivity contribution >= 4 is 32.4 Å². The van der Waals surface area contributed by atoms with E-state index in [-0.39, 0.29) is 5.66 Å².